The lowest BCUT2D eigenvalue weighted by atomic mass is 9.76. The van der Waals surface area contributed by atoms with Crippen molar-refractivity contribution in [3.8, 4) is 11.4 Å². The summed E-state index contributed by atoms with van der Waals surface area (Å²) in [5, 5.41) is 12.8. The van der Waals surface area contributed by atoms with Crippen LogP contribution in [0.15, 0.2) is 54.7 Å². The molecule has 1 unspecified atom stereocenters. The third-order valence-corrected chi connectivity index (χ3v) is 5.06. The molecule has 1 amide bonds. The van der Waals surface area contributed by atoms with Gasteiger partial charge >= 0.3 is 0 Å². The van der Waals surface area contributed by atoms with E-state index >= 15 is 0 Å². The van der Waals surface area contributed by atoms with Gasteiger partial charge in [-0.25, -0.2) is 4.98 Å². The standard InChI is InChI=1S/C21H22N4O2/c1-13-18(24-20(23-13)14-7-3-2-4-8-14)21(27)25-19(15-11-16(26)12-15)17-9-5-6-10-22-17/h2-10,15-16,19,26H,11-12H2,1H3,(H,23,24)(H,25,27). The number of aryl methyl sites for hydroxylation is 1. The predicted molar refractivity (Wildman–Crippen MR) is 102 cm³/mol. The van der Waals surface area contributed by atoms with Crippen molar-refractivity contribution in [2.75, 3.05) is 0 Å². The molecular formula is C21H22N4O2. The maximum absolute atomic E-state index is 12.9. The summed E-state index contributed by atoms with van der Waals surface area (Å²) < 4.78 is 0. The van der Waals surface area contributed by atoms with Crippen LogP contribution >= 0.6 is 0 Å². The van der Waals surface area contributed by atoms with Gasteiger partial charge in [0.15, 0.2) is 0 Å². The number of hydrogen-bond acceptors (Lipinski definition) is 4. The van der Waals surface area contributed by atoms with Crippen LogP contribution in [0.4, 0.5) is 0 Å². The third-order valence-electron chi connectivity index (χ3n) is 5.06. The summed E-state index contributed by atoms with van der Waals surface area (Å²) in [5.74, 6) is 0.612. The number of H-pyrrole nitrogens is 1. The minimum absolute atomic E-state index is 0.173. The van der Waals surface area contributed by atoms with Crippen molar-refractivity contribution in [3.05, 3.63) is 71.8 Å². The van der Waals surface area contributed by atoms with E-state index in [0.29, 0.717) is 24.4 Å². The zero-order valence-corrected chi connectivity index (χ0v) is 15.1. The van der Waals surface area contributed by atoms with Gasteiger partial charge in [0, 0.05) is 17.5 Å². The fourth-order valence-corrected chi connectivity index (χ4v) is 3.52. The van der Waals surface area contributed by atoms with Gasteiger partial charge in [0.05, 0.1) is 17.8 Å². The molecule has 2 heterocycles. The summed E-state index contributed by atoms with van der Waals surface area (Å²) in [6.45, 7) is 1.84. The third kappa shape index (κ3) is 3.61. The second kappa shape index (κ2) is 7.32. The van der Waals surface area contributed by atoms with E-state index in [1.807, 2.05) is 55.5 Å². The first kappa shape index (κ1) is 17.4. The van der Waals surface area contributed by atoms with Gasteiger partial charge in [-0.3, -0.25) is 9.78 Å². The lowest BCUT2D eigenvalue weighted by molar-refractivity contribution is 0.0227. The van der Waals surface area contributed by atoms with E-state index < -0.39 is 0 Å². The number of amides is 1. The Bertz CT molecular complexity index is 918. The largest absolute Gasteiger partial charge is 0.393 e. The number of aromatic amines is 1. The van der Waals surface area contributed by atoms with Crippen molar-refractivity contribution in [3.63, 3.8) is 0 Å². The quantitative estimate of drug-likeness (QED) is 0.651. The van der Waals surface area contributed by atoms with Crippen molar-refractivity contribution in [2.45, 2.75) is 31.9 Å². The number of nitrogens with zero attached hydrogens (tertiary/aromatic N) is 2. The van der Waals surface area contributed by atoms with Gasteiger partial charge in [0.1, 0.15) is 11.5 Å². The van der Waals surface area contributed by atoms with Gasteiger partial charge < -0.3 is 15.4 Å². The maximum atomic E-state index is 12.9. The molecule has 1 aliphatic rings. The summed E-state index contributed by atoms with van der Waals surface area (Å²) in [4.78, 5) is 25.0. The van der Waals surface area contributed by atoms with E-state index in [4.69, 9.17) is 0 Å². The molecule has 1 aromatic carbocycles. The molecule has 6 heteroatoms. The summed E-state index contributed by atoms with van der Waals surface area (Å²) in [6.07, 6.45) is 2.75. The van der Waals surface area contributed by atoms with Crippen LogP contribution in [0.25, 0.3) is 11.4 Å². The molecule has 138 valence electrons. The molecule has 3 aromatic rings. The second-order valence-electron chi connectivity index (χ2n) is 7.02. The molecule has 1 aliphatic carbocycles. The lowest BCUT2D eigenvalue weighted by Crippen LogP contribution is -2.42. The Labute approximate surface area is 157 Å². The molecule has 3 N–H and O–H groups in total. The Morgan fingerprint density at radius 2 is 1.93 bits per heavy atom. The Kier molecular flexibility index (Phi) is 4.73. The number of carbonyl (C=O) groups excluding carboxylic acids is 1. The van der Waals surface area contributed by atoms with Crippen LogP contribution in [-0.2, 0) is 0 Å². The van der Waals surface area contributed by atoms with E-state index in [1.165, 1.54) is 0 Å². The molecule has 2 aromatic heterocycles. The summed E-state index contributed by atoms with van der Waals surface area (Å²) in [6, 6.07) is 15.1. The predicted octanol–water partition coefficient (Wildman–Crippen LogP) is 3.02. The minimum atomic E-state index is -0.296. The van der Waals surface area contributed by atoms with Gasteiger partial charge in [-0.2, -0.15) is 0 Å². The van der Waals surface area contributed by atoms with Crippen LogP contribution in [0.1, 0.15) is 40.8 Å². The van der Waals surface area contributed by atoms with Gasteiger partial charge in [-0.05, 0) is 37.8 Å². The van der Waals surface area contributed by atoms with Gasteiger partial charge in [0.25, 0.3) is 5.91 Å². The molecular weight excluding hydrogens is 340 g/mol. The van der Waals surface area contributed by atoms with Crippen molar-refractivity contribution < 1.29 is 9.90 Å². The van der Waals surface area contributed by atoms with Gasteiger partial charge in [-0.15, -0.1) is 0 Å². The Morgan fingerprint density at radius 3 is 2.59 bits per heavy atom. The SMILES string of the molecule is Cc1[nH]c(-c2ccccc2)nc1C(=O)NC(c1ccccn1)C1CC(O)C1. The molecule has 1 atom stereocenters. The van der Waals surface area contributed by atoms with E-state index in [-0.39, 0.29) is 24.0 Å². The number of pyridine rings is 1. The zero-order chi connectivity index (χ0) is 18.8. The van der Waals surface area contributed by atoms with Crippen LogP contribution < -0.4 is 5.32 Å². The summed E-state index contributed by atoms with van der Waals surface area (Å²) in [7, 11) is 0. The molecule has 0 saturated heterocycles. The van der Waals surface area contributed by atoms with Crippen molar-refractivity contribution in [1.82, 2.24) is 20.3 Å². The molecule has 6 nitrogen and oxygen atoms in total. The van der Waals surface area contributed by atoms with E-state index in [2.05, 4.69) is 20.3 Å². The number of aliphatic hydroxyl groups is 1. The fourth-order valence-electron chi connectivity index (χ4n) is 3.52. The number of carbonyl (C=O) groups is 1. The zero-order valence-electron chi connectivity index (χ0n) is 15.1. The average molecular weight is 362 g/mol. The fraction of sp³-hybridized carbons (Fsp3) is 0.286. The number of imidazole rings is 1. The number of hydrogen-bond donors (Lipinski definition) is 3. The monoisotopic (exact) mass is 362 g/mol. The Hall–Kier alpha value is -2.99. The smallest absolute Gasteiger partial charge is 0.272 e. The Morgan fingerprint density at radius 1 is 1.19 bits per heavy atom. The van der Waals surface area contributed by atoms with Crippen LogP contribution in [0, 0.1) is 12.8 Å². The number of rotatable bonds is 5. The number of aliphatic hydroxyl groups excluding tert-OH is 1. The lowest BCUT2D eigenvalue weighted by Gasteiger charge is -2.37. The highest BCUT2D eigenvalue weighted by Crippen LogP contribution is 2.37. The highest BCUT2D eigenvalue weighted by molar-refractivity contribution is 5.94. The number of aromatic nitrogens is 3. The molecule has 0 radical (unpaired) electrons. The number of benzene rings is 1. The molecule has 0 aliphatic heterocycles. The normalized spacial score (nSPS) is 19.9. The minimum Gasteiger partial charge on any atom is -0.393 e. The van der Waals surface area contributed by atoms with Crippen LogP contribution in [0.2, 0.25) is 0 Å². The molecule has 27 heavy (non-hydrogen) atoms. The average Bonchev–Trinajstić information content (AvgIpc) is 3.07. The summed E-state index contributed by atoms with van der Waals surface area (Å²) >= 11 is 0. The maximum Gasteiger partial charge on any atom is 0.272 e. The van der Waals surface area contributed by atoms with Crippen LogP contribution in [0.5, 0.6) is 0 Å². The first-order chi connectivity index (χ1) is 13.1. The topological polar surface area (TPSA) is 90.9 Å². The molecule has 4 rings (SSSR count). The molecule has 0 spiro atoms. The highest BCUT2D eigenvalue weighted by Gasteiger charge is 2.36. The van der Waals surface area contributed by atoms with Crippen molar-refractivity contribution in [2.24, 2.45) is 5.92 Å². The van der Waals surface area contributed by atoms with Crippen LogP contribution in [-0.4, -0.2) is 32.1 Å². The molecule has 0 bridgehead atoms. The van der Waals surface area contributed by atoms with Crippen molar-refractivity contribution >= 4 is 5.91 Å². The first-order valence-corrected chi connectivity index (χ1v) is 9.13. The van der Waals surface area contributed by atoms with E-state index in [9.17, 15) is 9.90 Å². The Balaban J connectivity index is 1.57. The summed E-state index contributed by atoms with van der Waals surface area (Å²) in [5.41, 5.74) is 2.84. The highest BCUT2D eigenvalue weighted by atomic mass is 16.3. The first-order valence-electron chi connectivity index (χ1n) is 9.13. The molecule has 1 saturated carbocycles. The molecule has 1 fully saturated rings. The van der Waals surface area contributed by atoms with E-state index in [0.717, 1.165) is 17.0 Å². The van der Waals surface area contributed by atoms with Gasteiger partial charge in [0.2, 0.25) is 0 Å². The second-order valence-corrected chi connectivity index (χ2v) is 7.02. The van der Waals surface area contributed by atoms with Crippen LogP contribution in [0.3, 0.4) is 0 Å². The van der Waals surface area contributed by atoms with Gasteiger partial charge in [-0.1, -0.05) is 36.4 Å². The number of nitrogens with one attached hydrogen (secondary N) is 2. The van der Waals surface area contributed by atoms with Crippen molar-refractivity contribution in [1.29, 1.82) is 0 Å². The van der Waals surface area contributed by atoms with E-state index in [1.54, 1.807) is 6.20 Å².